The molecule has 1 aromatic rings. The van der Waals surface area contributed by atoms with Crippen molar-refractivity contribution in [2.45, 2.75) is 50.7 Å². The molecule has 5 heteroatoms. The Labute approximate surface area is 137 Å². The van der Waals surface area contributed by atoms with E-state index in [1.54, 1.807) is 0 Å². The van der Waals surface area contributed by atoms with E-state index in [4.69, 9.17) is 4.74 Å². The molecule has 3 rings (SSSR count). The summed E-state index contributed by atoms with van der Waals surface area (Å²) in [5, 5.41) is 15.9. The zero-order valence-electron chi connectivity index (χ0n) is 13.5. The molecule has 2 saturated carbocycles. The fourth-order valence-electron chi connectivity index (χ4n) is 2.98. The molecule has 0 aliphatic heterocycles. The molecule has 0 atom stereocenters. The van der Waals surface area contributed by atoms with E-state index in [2.05, 4.69) is 10.6 Å². The minimum atomic E-state index is -0.720. The van der Waals surface area contributed by atoms with Crippen molar-refractivity contribution in [3.05, 3.63) is 29.8 Å². The number of rotatable bonds is 7. The Kier molecular flexibility index (Phi) is 5.06. The highest BCUT2D eigenvalue weighted by Crippen LogP contribution is 2.30. The van der Waals surface area contributed by atoms with Crippen LogP contribution in [0.1, 0.15) is 44.1 Å². The van der Waals surface area contributed by atoms with E-state index in [0.29, 0.717) is 19.0 Å². The maximum atomic E-state index is 11.9. The van der Waals surface area contributed by atoms with Crippen LogP contribution < -0.4 is 15.4 Å². The number of ether oxygens (including phenoxy) is 1. The first-order valence-electron chi connectivity index (χ1n) is 8.59. The van der Waals surface area contributed by atoms with Gasteiger partial charge in [-0.1, -0.05) is 31.0 Å². The molecule has 0 saturated heterocycles. The highest BCUT2D eigenvalue weighted by Gasteiger charge is 2.31. The van der Waals surface area contributed by atoms with Crippen molar-refractivity contribution in [2.24, 2.45) is 5.92 Å². The van der Waals surface area contributed by atoms with Gasteiger partial charge in [-0.15, -0.1) is 0 Å². The number of carbonyl (C=O) groups excluding carboxylic acids is 1. The van der Waals surface area contributed by atoms with Gasteiger partial charge in [0.1, 0.15) is 5.75 Å². The lowest BCUT2D eigenvalue weighted by Gasteiger charge is -2.22. The normalized spacial score (nSPS) is 19.3. The van der Waals surface area contributed by atoms with Crippen molar-refractivity contribution in [2.75, 3.05) is 13.2 Å². The molecule has 0 bridgehead atoms. The molecule has 0 spiro atoms. The minimum Gasteiger partial charge on any atom is -0.493 e. The molecule has 126 valence electrons. The average molecular weight is 318 g/mol. The molecule has 5 nitrogen and oxygen atoms in total. The number of hydrogen-bond acceptors (Lipinski definition) is 3. The minimum absolute atomic E-state index is 0.248. The van der Waals surface area contributed by atoms with Crippen LogP contribution in [-0.2, 0) is 6.54 Å². The highest BCUT2D eigenvalue weighted by atomic mass is 16.5. The van der Waals surface area contributed by atoms with Crippen molar-refractivity contribution in [3.8, 4) is 5.75 Å². The lowest BCUT2D eigenvalue weighted by molar-refractivity contribution is 0.0501. The summed E-state index contributed by atoms with van der Waals surface area (Å²) >= 11 is 0. The Morgan fingerprint density at radius 1 is 1.22 bits per heavy atom. The standard InChI is InChI=1S/C18H26N2O3/c21-17(20-13-18(22)9-3-4-10-18)19-11-15-5-1-2-6-16(15)23-12-14-7-8-14/h1-2,5-6,14,22H,3-4,7-13H2,(H2,19,20,21). The van der Waals surface area contributed by atoms with Crippen molar-refractivity contribution in [1.29, 1.82) is 0 Å². The number of para-hydroxylation sites is 1. The van der Waals surface area contributed by atoms with E-state index in [0.717, 1.165) is 43.6 Å². The summed E-state index contributed by atoms with van der Waals surface area (Å²) in [6.07, 6.45) is 6.12. The third-order valence-electron chi connectivity index (χ3n) is 4.70. The first kappa shape index (κ1) is 16.1. The van der Waals surface area contributed by atoms with Crippen molar-refractivity contribution < 1.29 is 14.6 Å². The molecular formula is C18H26N2O3. The molecule has 2 aliphatic rings. The van der Waals surface area contributed by atoms with Gasteiger partial charge in [-0.25, -0.2) is 4.79 Å². The Morgan fingerprint density at radius 3 is 2.70 bits per heavy atom. The first-order chi connectivity index (χ1) is 11.1. The van der Waals surface area contributed by atoms with Crippen LogP contribution in [0.2, 0.25) is 0 Å². The topological polar surface area (TPSA) is 70.6 Å². The molecule has 2 aliphatic carbocycles. The maximum Gasteiger partial charge on any atom is 0.315 e. The van der Waals surface area contributed by atoms with Crippen LogP contribution >= 0.6 is 0 Å². The molecule has 0 radical (unpaired) electrons. The Bertz CT molecular complexity index is 537. The number of hydrogen-bond donors (Lipinski definition) is 3. The Balaban J connectivity index is 1.44. The van der Waals surface area contributed by atoms with Gasteiger partial charge >= 0.3 is 6.03 Å². The van der Waals surface area contributed by atoms with E-state index in [1.807, 2.05) is 24.3 Å². The van der Waals surface area contributed by atoms with Crippen LogP contribution in [0.4, 0.5) is 4.79 Å². The van der Waals surface area contributed by atoms with Crippen LogP contribution in [-0.4, -0.2) is 29.9 Å². The molecule has 23 heavy (non-hydrogen) atoms. The molecule has 0 unspecified atom stereocenters. The molecule has 0 heterocycles. The molecular weight excluding hydrogens is 292 g/mol. The number of carbonyl (C=O) groups is 1. The van der Waals surface area contributed by atoms with Gasteiger partial charge in [-0.2, -0.15) is 0 Å². The summed E-state index contributed by atoms with van der Waals surface area (Å²) < 4.78 is 5.84. The molecule has 2 fully saturated rings. The third kappa shape index (κ3) is 4.86. The van der Waals surface area contributed by atoms with Crippen LogP contribution in [0.5, 0.6) is 5.75 Å². The number of nitrogens with one attached hydrogen (secondary N) is 2. The lowest BCUT2D eigenvalue weighted by Crippen LogP contribution is -2.44. The SMILES string of the molecule is O=C(NCc1ccccc1OCC1CC1)NCC1(O)CCCC1. The van der Waals surface area contributed by atoms with Gasteiger partial charge in [0.15, 0.2) is 0 Å². The van der Waals surface area contributed by atoms with E-state index < -0.39 is 5.60 Å². The lowest BCUT2D eigenvalue weighted by atomic mass is 10.0. The van der Waals surface area contributed by atoms with Crippen molar-refractivity contribution in [3.63, 3.8) is 0 Å². The number of benzene rings is 1. The molecule has 0 aromatic heterocycles. The third-order valence-corrected chi connectivity index (χ3v) is 4.70. The van der Waals surface area contributed by atoms with Crippen LogP contribution in [0.25, 0.3) is 0 Å². The van der Waals surface area contributed by atoms with Crippen molar-refractivity contribution >= 4 is 6.03 Å². The van der Waals surface area contributed by atoms with E-state index in [-0.39, 0.29) is 6.03 Å². The molecule has 1 aromatic carbocycles. The Hall–Kier alpha value is -1.75. The smallest absolute Gasteiger partial charge is 0.315 e. The molecule has 2 amide bonds. The summed E-state index contributed by atoms with van der Waals surface area (Å²) in [7, 11) is 0. The van der Waals surface area contributed by atoms with Gasteiger partial charge in [-0.05, 0) is 37.7 Å². The predicted molar refractivity (Wildman–Crippen MR) is 88.3 cm³/mol. The fourth-order valence-corrected chi connectivity index (χ4v) is 2.98. The van der Waals surface area contributed by atoms with E-state index in [9.17, 15) is 9.90 Å². The summed E-state index contributed by atoms with van der Waals surface area (Å²) in [6.45, 7) is 1.50. The highest BCUT2D eigenvalue weighted by molar-refractivity contribution is 5.74. The zero-order chi connectivity index (χ0) is 16.1. The largest absolute Gasteiger partial charge is 0.493 e. The zero-order valence-corrected chi connectivity index (χ0v) is 13.5. The van der Waals surface area contributed by atoms with E-state index in [1.165, 1.54) is 12.8 Å². The first-order valence-corrected chi connectivity index (χ1v) is 8.59. The second-order valence-electron chi connectivity index (χ2n) is 6.83. The number of amides is 2. The maximum absolute atomic E-state index is 11.9. The second kappa shape index (κ2) is 7.21. The average Bonchev–Trinajstić information content (AvgIpc) is 3.30. The van der Waals surface area contributed by atoms with Crippen LogP contribution in [0, 0.1) is 5.92 Å². The summed E-state index contributed by atoms with van der Waals surface area (Å²) in [5.74, 6) is 1.54. The summed E-state index contributed by atoms with van der Waals surface area (Å²) in [6, 6.07) is 7.55. The fraction of sp³-hybridized carbons (Fsp3) is 0.611. The summed E-state index contributed by atoms with van der Waals surface area (Å²) in [4.78, 5) is 11.9. The Morgan fingerprint density at radius 2 is 1.96 bits per heavy atom. The van der Waals surface area contributed by atoms with Gasteiger partial charge < -0.3 is 20.5 Å². The monoisotopic (exact) mass is 318 g/mol. The number of aliphatic hydroxyl groups is 1. The number of urea groups is 1. The van der Waals surface area contributed by atoms with Gasteiger partial charge in [0.25, 0.3) is 0 Å². The quantitative estimate of drug-likeness (QED) is 0.723. The van der Waals surface area contributed by atoms with E-state index >= 15 is 0 Å². The van der Waals surface area contributed by atoms with Crippen molar-refractivity contribution in [1.82, 2.24) is 10.6 Å². The van der Waals surface area contributed by atoms with Gasteiger partial charge in [0.05, 0.1) is 12.2 Å². The molecule has 3 N–H and O–H groups in total. The van der Waals surface area contributed by atoms with Gasteiger partial charge in [0, 0.05) is 18.7 Å². The van der Waals surface area contributed by atoms with Crippen LogP contribution in [0.3, 0.4) is 0 Å². The van der Waals surface area contributed by atoms with Gasteiger partial charge in [-0.3, -0.25) is 0 Å². The van der Waals surface area contributed by atoms with Gasteiger partial charge in [0.2, 0.25) is 0 Å². The summed E-state index contributed by atoms with van der Waals surface area (Å²) in [5.41, 5.74) is 0.255. The second-order valence-corrected chi connectivity index (χ2v) is 6.83. The van der Waals surface area contributed by atoms with Crippen LogP contribution in [0.15, 0.2) is 24.3 Å². The predicted octanol–water partition coefficient (Wildman–Crippen LogP) is 2.58.